The van der Waals surface area contributed by atoms with Crippen LogP contribution in [0.1, 0.15) is 11.4 Å². The Kier molecular flexibility index (Phi) is 6.42. The number of allylic oxidation sites excluding steroid dienone is 1. The van der Waals surface area contributed by atoms with Crippen molar-refractivity contribution >= 4 is 28.7 Å². The number of rotatable bonds is 6. The van der Waals surface area contributed by atoms with Gasteiger partial charge in [0.05, 0.1) is 17.6 Å². The number of anilines is 1. The van der Waals surface area contributed by atoms with Gasteiger partial charge in [-0.1, -0.05) is 24.1 Å². The van der Waals surface area contributed by atoms with E-state index in [1.54, 1.807) is 11.5 Å². The summed E-state index contributed by atoms with van der Waals surface area (Å²) in [7, 11) is 1.90. The van der Waals surface area contributed by atoms with Gasteiger partial charge in [-0.25, -0.2) is 9.37 Å². The summed E-state index contributed by atoms with van der Waals surface area (Å²) in [6, 6.07) is 9.71. The summed E-state index contributed by atoms with van der Waals surface area (Å²) >= 11 is 1.51. The fraction of sp³-hybridized carbons (Fsp3) is 0.286. The molecular formula is C21H22F4N4S. The lowest BCUT2D eigenvalue weighted by Gasteiger charge is -2.16. The van der Waals surface area contributed by atoms with Crippen molar-refractivity contribution < 1.29 is 17.6 Å². The Labute approximate surface area is 176 Å². The predicted octanol–water partition coefficient (Wildman–Crippen LogP) is 5.56. The largest absolute Gasteiger partial charge is 0.433 e. The van der Waals surface area contributed by atoms with Crippen LogP contribution in [0.2, 0.25) is 0 Å². The molecule has 0 aliphatic heterocycles. The monoisotopic (exact) mass is 438 g/mol. The Morgan fingerprint density at radius 1 is 1.27 bits per heavy atom. The van der Waals surface area contributed by atoms with Crippen LogP contribution < -0.4 is 10.0 Å². The fourth-order valence-corrected chi connectivity index (χ4v) is 3.68. The second-order valence-corrected chi connectivity index (χ2v) is 7.64. The topological polar surface area (TPSA) is 47.1 Å². The van der Waals surface area contributed by atoms with Crippen LogP contribution >= 0.6 is 11.9 Å². The van der Waals surface area contributed by atoms with E-state index < -0.39 is 17.7 Å². The number of pyridine rings is 1. The minimum atomic E-state index is -4.58. The Hall–Kier alpha value is -2.52. The van der Waals surface area contributed by atoms with E-state index in [2.05, 4.69) is 4.98 Å². The molecule has 0 spiro atoms. The number of alkyl halides is 3. The Balaban J connectivity index is 2.29. The standard InChI is InChI=1S/C21H22F4N4S/c1-13-19(14-5-4-6-16(11-14)28(2)30-3)20-17(29(13)12-15(22)9-10-26)7-8-18(27-20)21(23,24)25/h4-9,11H,10,12,26H2,1-3H3/b15-9-. The highest BCUT2D eigenvalue weighted by atomic mass is 32.2. The summed E-state index contributed by atoms with van der Waals surface area (Å²) in [4.78, 5) is 3.92. The molecule has 0 aliphatic rings. The molecular weight excluding hydrogens is 416 g/mol. The summed E-state index contributed by atoms with van der Waals surface area (Å²) in [6.07, 6.45) is -1.41. The van der Waals surface area contributed by atoms with Gasteiger partial charge < -0.3 is 14.6 Å². The summed E-state index contributed by atoms with van der Waals surface area (Å²) in [5.41, 5.74) is 7.80. The van der Waals surface area contributed by atoms with Crippen molar-refractivity contribution in [2.75, 3.05) is 24.2 Å². The smallest absolute Gasteiger partial charge is 0.336 e. The van der Waals surface area contributed by atoms with Crippen molar-refractivity contribution in [2.45, 2.75) is 19.6 Å². The molecule has 0 bridgehead atoms. The Morgan fingerprint density at radius 2 is 2.00 bits per heavy atom. The number of aromatic nitrogens is 2. The van der Waals surface area contributed by atoms with Crippen molar-refractivity contribution in [1.82, 2.24) is 9.55 Å². The third kappa shape index (κ3) is 4.32. The first-order valence-corrected chi connectivity index (χ1v) is 10.4. The van der Waals surface area contributed by atoms with Gasteiger partial charge >= 0.3 is 6.18 Å². The lowest BCUT2D eigenvalue weighted by Crippen LogP contribution is -2.08. The zero-order valence-corrected chi connectivity index (χ0v) is 17.6. The number of nitrogens with two attached hydrogens (primary N) is 1. The van der Waals surface area contributed by atoms with E-state index in [-0.39, 0.29) is 18.6 Å². The molecule has 0 unspecified atom stereocenters. The highest BCUT2D eigenvalue weighted by molar-refractivity contribution is 7.99. The zero-order chi connectivity index (χ0) is 22.1. The Morgan fingerprint density at radius 3 is 2.63 bits per heavy atom. The first-order valence-electron chi connectivity index (χ1n) is 9.17. The molecule has 2 aromatic heterocycles. The summed E-state index contributed by atoms with van der Waals surface area (Å²) in [5, 5.41) is 0. The minimum absolute atomic E-state index is 0.0382. The van der Waals surface area contributed by atoms with Crippen molar-refractivity contribution in [3.8, 4) is 11.1 Å². The zero-order valence-electron chi connectivity index (χ0n) is 16.8. The quantitative estimate of drug-likeness (QED) is 0.405. The molecule has 2 N–H and O–H groups in total. The van der Waals surface area contributed by atoms with E-state index >= 15 is 0 Å². The molecule has 4 nitrogen and oxygen atoms in total. The van der Waals surface area contributed by atoms with Gasteiger partial charge in [-0.05, 0) is 42.8 Å². The molecule has 0 saturated heterocycles. The maximum atomic E-state index is 14.2. The van der Waals surface area contributed by atoms with Crippen LogP contribution in [-0.4, -0.2) is 29.4 Å². The number of halogens is 4. The number of hydrogen-bond donors (Lipinski definition) is 1. The molecule has 0 fully saturated rings. The van der Waals surface area contributed by atoms with Crippen molar-refractivity contribution in [2.24, 2.45) is 5.73 Å². The van der Waals surface area contributed by atoms with Gasteiger partial charge in [-0.15, -0.1) is 0 Å². The van der Waals surface area contributed by atoms with E-state index in [1.807, 2.05) is 41.9 Å². The van der Waals surface area contributed by atoms with E-state index in [4.69, 9.17) is 5.73 Å². The molecule has 0 amide bonds. The number of nitrogens with zero attached hydrogens (tertiary/aromatic N) is 3. The van der Waals surface area contributed by atoms with Crippen LogP contribution in [0.15, 0.2) is 48.3 Å². The van der Waals surface area contributed by atoms with E-state index in [9.17, 15) is 17.6 Å². The van der Waals surface area contributed by atoms with Gasteiger partial charge in [0.1, 0.15) is 11.5 Å². The molecule has 0 saturated carbocycles. The third-order valence-electron chi connectivity index (χ3n) is 4.88. The molecule has 2 heterocycles. The van der Waals surface area contributed by atoms with Crippen LogP contribution in [-0.2, 0) is 12.7 Å². The maximum absolute atomic E-state index is 14.2. The van der Waals surface area contributed by atoms with Crippen LogP contribution in [0.5, 0.6) is 0 Å². The second-order valence-electron chi connectivity index (χ2n) is 6.73. The molecule has 3 rings (SSSR count). The SMILES string of the molecule is CSN(C)c1cccc(-c2c(C)n(C/C(F)=C/CN)c3ccc(C(F)(F)F)nc23)c1. The third-order valence-corrected chi connectivity index (χ3v) is 5.64. The van der Waals surface area contributed by atoms with Gasteiger partial charge in [0.15, 0.2) is 0 Å². The van der Waals surface area contributed by atoms with Crippen LogP contribution in [0, 0.1) is 6.92 Å². The number of fused-ring (bicyclic) bond motifs is 1. The van der Waals surface area contributed by atoms with Crippen LogP contribution in [0.3, 0.4) is 0 Å². The second kappa shape index (κ2) is 8.69. The minimum Gasteiger partial charge on any atom is -0.336 e. The molecule has 160 valence electrons. The first-order chi connectivity index (χ1) is 14.2. The highest BCUT2D eigenvalue weighted by Crippen LogP contribution is 2.38. The number of hydrogen-bond acceptors (Lipinski definition) is 4. The molecule has 30 heavy (non-hydrogen) atoms. The maximum Gasteiger partial charge on any atom is 0.433 e. The summed E-state index contributed by atoms with van der Waals surface area (Å²) in [6.45, 7) is 1.67. The molecule has 0 aliphatic carbocycles. The van der Waals surface area contributed by atoms with Gasteiger partial charge in [-0.3, -0.25) is 0 Å². The van der Waals surface area contributed by atoms with Gasteiger partial charge in [-0.2, -0.15) is 13.2 Å². The summed E-state index contributed by atoms with van der Waals surface area (Å²) in [5.74, 6) is -0.459. The summed E-state index contributed by atoms with van der Waals surface area (Å²) < 4.78 is 57.8. The average Bonchev–Trinajstić information content (AvgIpc) is 2.98. The first kappa shape index (κ1) is 22.2. The van der Waals surface area contributed by atoms with E-state index in [0.717, 1.165) is 11.8 Å². The van der Waals surface area contributed by atoms with E-state index in [1.165, 1.54) is 24.1 Å². The van der Waals surface area contributed by atoms with Gasteiger partial charge in [0.25, 0.3) is 0 Å². The average molecular weight is 438 g/mol. The Bertz CT molecular complexity index is 1090. The van der Waals surface area contributed by atoms with Crippen molar-refractivity contribution in [1.29, 1.82) is 0 Å². The van der Waals surface area contributed by atoms with Crippen molar-refractivity contribution in [3.63, 3.8) is 0 Å². The van der Waals surface area contributed by atoms with Crippen molar-refractivity contribution in [3.05, 3.63) is 59.7 Å². The molecule has 0 atom stereocenters. The molecule has 0 radical (unpaired) electrons. The van der Waals surface area contributed by atoms with Crippen LogP contribution in [0.4, 0.5) is 23.2 Å². The highest BCUT2D eigenvalue weighted by Gasteiger charge is 2.33. The van der Waals surface area contributed by atoms with Gasteiger partial charge in [0, 0.05) is 36.8 Å². The lowest BCUT2D eigenvalue weighted by atomic mass is 10.0. The molecule has 3 aromatic rings. The normalized spacial score (nSPS) is 12.6. The van der Waals surface area contributed by atoms with E-state index in [0.29, 0.717) is 22.3 Å². The molecule has 1 aromatic carbocycles. The fourth-order valence-electron chi connectivity index (χ4n) is 3.35. The van der Waals surface area contributed by atoms with Gasteiger partial charge in [0.2, 0.25) is 0 Å². The predicted molar refractivity (Wildman–Crippen MR) is 115 cm³/mol. The number of benzene rings is 1. The lowest BCUT2D eigenvalue weighted by molar-refractivity contribution is -0.140. The molecule has 9 heteroatoms. The van der Waals surface area contributed by atoms with Crippen LogP contribution in [0.25, 0.3) is 22.2 Å².